The molecule has 15 heavy (non-hydrogen) atoms. The van der Waals surface area contributed by atoms with Crippen LogP contribution in [0.15, 0.2) is 0 Å². The zero-order chi connectivity index (χ0) is 12.1. The molecule has 3 nitrogen and oxygen atoms in total. The van der Waals surface area contributed by atoms with Crippen LogP contribution in [0.4, 0.5) is 13.2 Å². The third kappa shape index (κ3) is 9.99. The van der Waals surface area contributed by atoms with Gasteiger partial charge in [0.05, 0.1) is 5.75 Å². The third-order valence-corrected chi connectivity index (χ3v) is 3.00. The van der Waals surface area contributed by atoms with E-state index in [9.17, 15) is 21.6 Å². The summed E-state index contributed by atoms with van der Waals surface area (Å²) < 4.78 is 57.2. The number of nitrogens with one attached hydrogen (secondary N) is 1. The van der Waals surface area contributed by atoms with E-state index >= 15 is 0 Å². The number of sulfone groups is 1. The molecule has 0 spiro atoms. The van der Waals surface area contributed by atoms with Crippen LogP contribution < -0.4 is 5.32 Å². The second-order valence-corrected chi connectivity index (χ2v) is 5.82. The van der Waals surface area contributed by atoms with Gasteiger partial charge in [-0.2, -0.15) is 13.2 Å². The van der Waals surface area contributed by atoms with Crippen molar-refractivity contribution in [2.45, 2.75) is 31.5 Å². The second-order valence-electron chi connectivity index (χ2n) is 3.56. The van der Waals surface area contributed by atoms with Crippen molar-refractivity contribution in [3.8, 4) is 0 Å². The molecule has 0 fully saturated rings. The first-order valence-corrected chi connectivity index (χ1v) is 6.62. The smallest absolute Gasteiger partial charge is 0.317 e. The zero-order valence-corrected chi connectivity index (χ0v) is 9.58. The van der Waals surface area contributed by atoms with E-state index in [0.717, 1.165) is 6.26 Å². The van der Waals surface area contributed by atoms with E-state index in [-0.39, 0.29) is 18.6 Å². The lowest BCUT2D eigenvalue weighted by atomic mass is 10.1. The average Bonchev–Trinajstić information content (AvgIpc) is 2.00. The standard InChI is InChI=1S/C8H16F3NO2S/c1-12-7(3-5-8(9,10)11)4-6-15(2,13)14/h7,12H,3-6H2,1-2H3. The lowest BCUT2D eigenvalue weighted by Gasteiger charge is -2.16. The number of hydrogen-bond acceptors (Lipinski definition) is 3. The zero-order valence-electron chi connectivity index (χ0n) is 8.76. The van der Waals surface area contributed by atoms with E-state index < -0.39 is 28.5 Å². The van der Waals surface area contributed by atoms with E-state index in [1.165, 1.54) is 7.05 Å². The normalized spacial score (nSPS) is 15.3. The van der Waals surface area contributed by atoms with Gasteiger partial charge in [0.25, 0.3) is 0 Å². The monoisotopic (exact) mass is 247 g/mol. The highest BCUT2D eigenvalue weighted by Crippen LogP contribution is 2.22. The molecule has 92 valence electrons. The van der Waals surface area contributed by atoms with E-state index in [1.54, 1.807) is 0 Å². The average molecular weight is 247 g/mol. The summed E-state index contributed by atoms with van der Waals surface area (Å²) in [7, 11) is -1.57. The maximum Gasteiger partial charge on any atom is 0.389 e. The van der Waals surface area contributed by atoms with Gasteiger partial charge in [-0.05, 0) is 19.9 Å². The molecule has 0 saturated carbocycles. The molecule has 0 heterocycles. The van der Waals surface area contributed by atoms with Gasteiger partial charge in [-0.1, -0.05) is 0 Å². The second kappa shape index (κ2) is 5.69. The maximum absolute atomic E-state index is 11.9. The summed E-state index contributed by atoms with van der Waals surface area (Å²) in [5.41, 5.74) is 0. The van der Waals surface area contributed by atoms with Crippen LogP contribution in [0.5, 0.6) is 0 Å². The highest BCUT2D eigenvalue weighted by Gasteiger charge is 2.28. The number of rotatable bonds is 6. The fraction of sp³-hybridized carbons (Fsp3) is 1.00. The molecular formula is C8H16F3NO2S. The molecule has 0 aliphatic rings. The van der Waals surface area contributed by atoms with Crippen LogP contribution in [0, 0.1) is 0 Å². The number of hydrogen-bond donors (Lipinski definition) is 1. The summed E-state index contributed by atoms with van der Waals surface area (Å²) in [6, 6.07) is -0.402. The van der Waals surface area contributed by atoms with E-state index in [4.69, 9.17) is 0 Å². The molecule has 0 aromatic heterocycles. The summed E-state index contributed by atoms with van der Waals surface area (Å²) in [6.07, 6.45) is -3.87. The van der Waals surface area contributed by atoms with Crippen LogP contribution in [-0.2, 0) is 9.84 Å². The molecule has 0 radical (unpaired) electrons. The van der Waals surface area contributed by atoms with Crippen molar-refractivity contribution < 1.29 is 21.6 Å². The predicted octanol–water partition coefficient (Wildman–Crippen LogP) is 1.35. The molecular weight excluding hydrogens is 231 g/mol. The lowest BCUT2D eigenvalue weighted by Crippen LogP contribution is -2.29. The van der Waals surface area contributed by atoms with Crippen LogP contribution in [0.1, 0.15) is 19.3 Å². The molecule has 0 rings (SSSR count). The van der Waals surface area contributed by atoms with Crippen LogP contribution >= 0.6 is 0 Å². The summed E-state index contributed by atoms with van der Waals surface area (Å²) >= 11 is 0. The van der Waals surface area contributed by atoms with Crippen molar-refractivity contribution in [1.29, 1.82) is 0 Å². The van der Waals surface area contributed by atoms with Crippen molar-refractivity contribution in [3.63, 3.8) is 0 Å². The van der Waals surface area contributed by atoms with Crippen LogP contribution in [0.3, 0.4) is 0 Å². The van der Waals surface area contributed by atoms with Gasteiger partial charge in [-0.25, -0.2) is 8.42 Å². The first-order valence-electron chi connectivity index (χ1n) is 4.56. The molecule has 0 aromatic carbocycles. The van der Waals surface area contributed by atoms with Gasteiger partial charge < -0.3 is 5.32 Å². The van der Waals surface area contributed by atoms with Crippen molar-refractivity contribution in [3.05, 3.63) is 0 Å². The number of alkyl halides is 3. The summed E-state index contributed by atoms with van der Waals surface area (Å²) in [5, 5.41) is 2.68. The Labute approximate surface area is 88.0 Å². The van der Waals surface area contributed by atoms with Crippen molar-refractivity contribution in [2.24, 2.45) is 0 Å². The molecule has 0 saturated heterocycles. The van der Waals surface area contributed by atoms with Gasteiger partial charge in [-0.3, -0.25) is 0 Å². The lowest BCUT2D eigenvalue weighted by molar-refractivity contribution is -0.136. The molecule has 1 unspecified atom stereocenters. The molecule has 0 aliphatic carbocycles. The Balaban J connectivity index is 3.95. The Bertz CT molecular complexity index is 274. The summed E-state index contributed by atoms with van der Waals surface area (Å²) in [5.74, 6) is -0.0869. The quantitative estimate of drug-likeness (QED) is 0.770. The Morgan fingerprint density at radius 1 is 1.27 bits per heavy atom. The molecule has 0 aromatic rings. The van der Waals surface area contributed by atoms with Gasteiger partial charge >= 0.3 is 6.18 Å². The minimum atomic E-state index is -4.18. The third-order valence-electron chi connectivity index (χ3n) is 2.02. The maximum atomic E-state index is 11.9. The van der Waals surface area contributed by atoms with E-state index in [0.29, 0.717) is 0 Å². The Kier molecular flexibility index (Phi) is 5.58. The SMILES string of the molecule is CNC(CCC(F)(F)F)CCS(C)(=O)=O. The minimum Gasteiger partial charge on any atom is -0.317 e. The molecule has 0 bridgehead atoms. The first-order chi connectivity index (χ1) is 6.64. The summed E-state index contributed by atoms with van der Waals surface area (Å²) in [4.78, 5) is 0. The van der Waals surface area contributed by atoms with E-state index in [1.807, 2.05) is 0 Å². The molecule has 1 N–H and O–H groups in total. The van der Waals surface area contributed by atoms with Gasteiger partial charge in [-0.15, -0.1) is 0 Å². The molecule has 0 amide bonds. The molecule has 7 heteroatoms. The van der Waals surface area contributed by atoms with Crippen molar-refractivity contribution >= 4 is 9.84 Å². The largest absolute Gasteiger partial charge is 0.389 e. The fourth-order valence-electron chi connectivity index (χ4n) is 1.13. The van der Waals surface area contributed by atoms with Gasteiger partial charge in [0.2, 0.25) is 0 Å². The summed E-state index contributed by atoms with van der Waals surface area (Å²) in [6.45, 7) is 0. The predicted molar refractivity (Wildman–Crippen MR) is 52.5 cm³/mol. The Hall–Kier alpha value is -0.300. The van der Waals surface area contributed by atoms with Crippen LogP contribution in [0.25, 0.3) is 0 Å². The van der Waals surface area contributed by atoms with Crippen molar-refractivity contribution in [1.82, 2.24) is 5.32 Å². The molecule has 0 aliphatic heterocycles. The van der Waals surface area contributed by atoms with Gasteiger partial charge in [0.1, 0.15) is 9.84 Å². The fourth-order valence-corrected chi connectivity index (χ4v) is 1.84. The van der Waals surface area contributed by atoms with Crippen LogP contribution in [0.2, 0.25) is 0 Å². The molecule has 1 atom stereocenters. The Morgan fingerprint density at radius 3 is 2.13 bits per heavy atom. The topological polar surface area (TPSA) is 46.2 Å². The first kappa shape index (κ1) is 14.7. The highest BCUT2D eigenvalue weighted by atomic mass is 32.2. The number of halogens is 3. The highest BCUT2D eigenvalue weighted by molar-refractivity contribution is 7.90. The Morgan fingerprint density at radius 2 is 1.80 bits per heavy atom. The van der Waals surface area contributed by atoms with E-state index in [2.05, 4.69) is 5.32 Å². The van der Waals surface area contributed by atoms with Gasteiger partial charge in [0.15, 0.2) is 0 Å². The minimum absolute atomic E-state index is 0.0869. The van der Waals surface area contributed by atoms with Crippen molar-refractivity contribution in [2.75, 3.05) is 19.1 Å². The van der Waals surface area contributed by atoms with Gasteiger partial charge in [0, 0.05) is 18.7 Å². The van der Waals surface area contributed by atoms with Crippen LogP contribution in [-0.4, -0.2) is 39.7 Å².